The lowest BCUT2D eigenvalue weighted by molar-refractivity contribution is 0.103. The van der Waals surface area contributed by atoms with Crippen LogP contribution in [0.25, 0.3) is 0 Å². The highest BCUT2D eigenvalue weighted by Gasteiger charge is 2.11. The van der Waals surface area contributed by atoms with Gasteiger partial charge in [-0.3, -0.25) is 4.79 Å². The van der Waals surface area contributed by atoms with Crippen molar-refractivity contribution >= 4 is 54.2 Å². The van der Waals surface area contributed by atoms with Crippen molar-refractivity contribution in [3.05, 3.63) is 57.6 Å². The number of rotatable bonds is 2. The number of hydrogen-bond donors (Lipinski definition) is 2. The lowest BCUT2D eigenvalue weighted by atomic mass is 10.0. The van der Waals surface area contributed by atoms with Crippen LogP contribution in [0.1, 0.15) is 15.9 Å². The summed E-state index contributed by atoms with van der Waals surface area (Å²) in [6, 6.07) is 9.90. The van der Waals surface area contributed by atoms with Gasteiger partial charge in [0.1, 0.15) is 0 Å². The topological polar surface area (TPSA) is 17.1 Å². The summed E-state index contributed by atoms with van der Waals surface area (Å²) in [6.07, 6.45) is 0. The van der Waals surface area contributed by atoms with E-state index in [9.17, 15) is 4.79 Å². The third kappa shape index (κ3) is 2.86. The van der Waals surface area contributed by atoms with Gasteiger partial charge in [0.25, 0.3) is 0 Å². The molecule has 0 N–H and O–H groups in total. The normalized spacial score (nSPS) is 10.4. The summed E-state index contributed by atoms with van der Waals surface area (Å²) in [7, 11) is 0. The summed E-state index contributed by atoms with van der Waals surface area (Å²) in [4.78, 5) is 13.4. The second-order valence-corrected chi connectivity index (χ2v) is 5.44. The molecular formula is C13H8Cl2OS2. The number of thiol groups is 2. The molecule has 0 aliphatic carbocycles. The Bertz CT molecular complexity index is 573. The van der Waals surface area contributed by atoms with Gasteiger partial charge >= 0.3 is 0 Å². The van der Waals surface area contributed by atoms with Gasteiger partial charge in [-0.25, -0.2) is 0 Å². The lowest BCUT2D eigenvalue weighted by Gasteiger charge is -2.05. The minimum absolute atomic E-state index is 0.117. The maximum atomic E-state index is 12.2. The molecule has 0 unspecified atom stereocenters. The Morgan fingerprint density at radius 3 is 1.56 bits per heavy atom. The van der Waals surface area contributed by atoms with Crippen molar-refractivity contribution in [1.29, 1.82) is 0 Å². The summed E-state index contributed by atoms with van der Waals surface area (Å²) in [5.41, 5.74) is 1.05. The molecule has 5 heteroatoms. The van der Waals surface area contributed by atoms with Gasteiger partial charge in [-0.15, -0.1) is 25.3 Å². The Labute approximate surface area is 126 Å². The van der Waals surface area contributed by atoms with Crippen molar-refractivity contribution in [3.63, 3.8) is 0 Å². The predicted molar refractivity (Wildman–Crippen MR) is 80.8 cm³/mol. The first-order valence-corrected chi connectivity index (χ1v) is 6.66. The van der Waals surface area contributed by atoms with E-state index in [1.807, 2.05) is 0 Å². The third-order valence-electron chi connectivity index (χ3n) is 2.42. The van der Waals surface area contributed by atoms with Gasteiger partial charge in [0, 0.05) is 20.9 Å². The van der Waals surface area contributed by atoms with Crippen molar-refractivity contribution in [2.45, 2.75) is 9.79 Å². The zero-order valence-electron chi connectivity index (χ0n) is 9.02. The molecule has 0 atom stereocenters. The Balaban J connectivity index is 2.41. The first kappa shape index (κ1) is 13.8. The average molecular weight is 315 g/mol. The largest absolute Gasteiger partial charge is 0.289 e. The second-order valence-electron chi connectivity index (χ2n) is 3.66. The molecule has 18 heavy (non-hydrogen) atoms. The summed E-state index contributed by atoms with van der Waals surface area (Å²) in [5.74, 6) is -0.117. The van der Waals surface area contributed by atoms with Crippen LogP contribution in [0.4, 0.5) is 0 Å². The molecular weight excluding hydrogens is 307 g/mol. The summed E-state index contributed by atoms with van der Waals surface area (Å²) >= 11 is 20.1. The highest BCUT2D eigenvalue weighted by molar-refractivity contribution is 7.80. The number of carbonyl (C=O) groups excluding carboxylic acids is 1. The van der Waals surface area contributed by atoms with Gasteiger partial charge in [-0.05, 0) is 36.4 Å². The van der Waals surface area contributed by atoms with Gasteiger partial charge in [0.15, 0.2) is 5.78 Å². The smallest absolute Gasteiger partial charge is 0.193 e. The van der Waals surface area contributed by atoms with E-state index in [0.29, 0.717) is 31.0 Å². The minimum Gasteiger partial charge on any atom is -0.289 e. The molecule has 0 saturated carbocycles. The Kier molecular flexibility index (Phi) is 4.28. The quantitative estimate of drug-likeness (QED) is 0.601. The molecule has 0 fully saturated rings. The van der Waals surface area contributed by atoms with Gasteiger partial charge < -0.3 is 0 Å². The molecule has 0 saturated heterocycles. The number of hydrogen-bond acceptors (Lipinski definition) is 3. The number of halogens is 2. The molecule has 0 aromatic heterocycles. The molecule has 0 aliphatic heterocycles. The van der Waals surface area contributed by atoms with E-state index >= 15 is 0 Å². The maximum absolute atomic E-state index is 12.2. The Hall–Kier alpha value is -0.610. The average Bonchev–Trinajstić information content (AvgIpc) is 2.35. The van der Waals surface area contributed by atoms with E-state index in [1.54, 1.807) is 36.4 Å². The standard InChI is InChI=1S/C13H8Cl2OS2/c14-9-3-1-7(5-11(9)17)13(16)8-2-4-10(15)12(18)6-8/h1-6,17-18H. The van der Waals surface area contributed by atoms with Crippen LogP contribution in [-0.4, -0.2) is 5.78 Å². The van der Waals surface area contributed by atoms with Crippen LogP contribution in [0.15, 0.2) is 46.2 Å². The monoisotopic (exact) mass is 314 g/mol. The van der Waals surface area contributed by atoms with Gasteiger partial charge in [0.2, 0.25) is 0 Å². The van der Waals surface area contributed by atoms with E-state index in [0.717, 1.165) is 0 Å². The zero-order valence-corrected chi connectivity index (χ0v) is 12.3. The van der Waals surface area contributed by atoms with Crippen LogP contribution in [0.2, 0.25) is 10.0 Å². The lowest BCUT2D eigenvalue weighted by Crippen LogP contribution is -2.01. The van der Waals surface area contributed by atoms with Crippen LogP contribution in [0.5, 0.6) is 0 Å². The third-order valence-corrected chi connectivity index (χ3v) is 4.08. The van der Waals surface area contributed by atoms with Crippen molar-refractivity contribution in [2.75, 3.05) is 0 Å². The fraction of sp³-hybridized carbons (Fsp3) is 0. The van der Waals surface area contributed by atoms with Crippen LogP contribution in [-0.2, 0) is 0 Å². The molecule has 92 valence electrons. The molecule has 0 aliphatic rings. The fourth-order valence-corrected chi connectivity index (χ4v) is 2.14. The highest BCUT2D eigenvalue weighted by atomic mass is 35.5. The summed E-state index contributed by atoms with van der Waals surface area (Å²) in [6.45, 7) is 0. The van der Waals surface area contributed by atoms with Crippen molar-refractivity contribution < 1.29 is 4.79 Å². The number of ketones is 1. The molecule has 2 aromatic rings. The molecule has 0 spiro atoms. The van der Waals surface area contributed by atoms with Crippen LogP contribution < -0.4 is 0 Å². The zero-order chi connectivity index (χ0) is 13.3. The molecule has 0 heterocycles. The minimum atomic E-state index is -0.117. The Morgan fingerprint density at radius 1 is 0.833 bits per heavy atom. The van der Waals surface area contributed by atoms with Crippen LogP contribution in [0.3, 0.4) is 0 Å². The van der Waals surface area contributed by atoms with E-state index in [1.165, 1.54) is 0 Å². The molecule has 0 bridgehead atoms. The molecule has 2 aromatic carbocycles. The van der Waals surface area contributed by atoms with Gasteiger partial charge in [-0.2, -0.15) is 0 Å². The SMILES string of the molecule is O=C(c1ccc(Cl)c(S)c1)c1ccc(Cl)c(S)c1. The first-order valence-electron chi connectivity index (χ1n) is 5.01. The fourth-order valence-electron chi connectivity index (χ4n) is 1.47. The van der Waals surface area contributed by atoms with Gasteiger partial charge in [0.05, 0.1) is 10.0 Å². The van der Waals surface area contributed by atoms with E-state index < -0.39 is 0 Å². The van der Waals surface area contributed by atoms with E-state index in [-0.39, 0.29) is 5.78 Å². The molecule has 1 nitrogen and oxygen atoms in total. The summed E-state index contributed by atoms with van der Waals surface area (Å²) in [5, 5.41) is 1.03. The Morgan fingerprint density at radius 2 is 1.22 bits per heavy atom. The second kappa shape index (κ2) is 5.57. The van der Waals surface area contributed by atoms with Crippen LogP contribution in [0, 0.1) is 0 Å². The van der Waals surface area contributed by atoms with Crippen molar-refractivity contribution in [1.82, 2.24) is 0 Å². The van der Waals surface area contributed by atoms with E-state index in [2.05, 4.69) is 25.3 Å². The number of carbonyl (C=O) groups is 1. The van der Waals surface area contributed by atoms with Crippen molar-refractivity contribution in [3.8, 4) is 0 Å². The first-order chi connectivity index (χ1) is 8.49. The summed E-state index contributed by atoms with van der Waals surface area (Å²) < 4.78 is 0. The van der Waals surface area contributed by atoms with Crippen molar-refractivity contribution in [2.24, 2.45) is 0 Å². The predicted octanol–water partition coefficient (Wildman–Crippen LogP) is 4.80. The highest BCUT2D eigenvalue weighted by Crippen LogP contribution is 2.25. The maximum Gasteiger partial charge on any atom is 0.193 e. The number of benzene rings is 2. The molecule has 2 rings (SSSR count). The molecule has 0 radical (unpaired) electrons. The van der Waals surface area contributed by atoms with Crippen LogP contribution >= 0.6 is 48.5 Å². The molecule has 0 amide bonds. The van der Waals surface area contributed by atoms with Gasteiger partial charge in [-0.1, -0.05) is 23.2 Å². The van der Waals surface area contributed by atoms with E-state index in [4.69, 9.17) is 23.2 Å².